The van der Waals surface area contributed by atoms with Crippen LogP contribution in [0.15, 0.2) is 48.5 Å². The van der Waals surface area contributed by atoms with Gasteiger partial charge in [0.1, 0.15) is 16.8 Å². The van der Waals surface area contributed by atoms with Crippen molar-refractivity contribution >= 4 is 29.9 Å². The molecule has 0 unspecified atom stereocenters. The van der Waals surface area contributed by atoms with E-state index >= 15 is 0 Å². The van der Waals surface area contributed by atoms with Crippen molar-refractivity contribution < 1.29 is 33.4 Å². The second-order valence-electron chi connectivity index (χ2n) is 12.6. The lowest BCUT2D eigenvalue weighted by molar-refractivity contribution is -0.129. The molecule has 2 aromatic rings. The monoisotopic (exact) mass is 553 g/mol. The topological polar surface area (TPSA) is 114 Å². The molecule has 2 aromatic carbocycles. The Morgan fingerprint density at radius 2 is 1.30 bits per heavy atom. The number of hydrogen-bond acceptors (Lipinski definition) is 7. The molecule has 1 N–H and O–H groups in total. The van der Waals surface area contributed by atoms with Crippen molar-refractivity contribution in [3.8, 4) is 0 Å². The molecule has 3 rings (SSSR count). The van der Waals surface area contributed by atoms with Crippen LogP contribution in [-0.4, -0.2) is 46.0 Å². The molecule has 1 heterocycles. The van der Waals surface area contributed by atoms with E-state index in [2.05, 4.69) is 5.43 Å². The molecule has 10 nitrogen and oxygen atoms in total. The minimum absolute atomic E-state index is 0.196. The number of para-hydroxylation sites is 1. The zero-order valence-corrected chi connectivity index (χ0v) is 24.9. The quantitative estimate of drug-likeness (QED) is 0.348. The largest absolute Gasteiger partial charge is 0.443 e. The molecule has 1 aliphatic rings. The fourth-order valence-corrected chi connectivity index (χ4v) is 4.23. The number of aryl methyl sites for hydroxylation is 1. The fraction of sp³-hybridized carbons (Fsp3) is 0.467. The minimum atomic E-state index is -2.06. The predicted molar refractivity (Wildman–Crippen MR) is 150 cm³/mol. The van der Waals surface area contributed by atoms with Gasteiger partial charge in [0.15, 0.2) is 5.54 Å². The Kier molecular flexibility index (Phi) is 7.98. The van der Waals surface area contributed by atoms with Crippen molar-refractivity contribution in [2.24, 2.45) is 0 Å². The number of fused-ring (bicyclic) bond motifs is 1. The van der Waals surface area contributed by atoms with Crippen LogP contribution in [0.2, 0.25) is 0 Å². The maximum atomic E-state index is 14.7. The van der Waals surface area contributed by atoms with Crippen LogP contribution in [0, 0.1) is 6.92 Å². The third-order valence-electron chi connectivity index (χ3n) is 5.61. The molecule has 0 bridgehead atoms. The van der Waals surface area contributed by atoms with Crippen molar-refractivity contribution in [3.63, 3.8) is 0 Å². The lowest BCUT2D eigenvalue weighted by Gasteiger charge is -2.40. The second-order valence-corrected chi connectivity index (χ2v) is 12.6. The van der Waals surface area contributed by atoms with Gasteiger partial charge in [-0.25, -0.2) is 24.7 Å². The molecule has 40 heavy (non-hydrogen) atoms. The summed E-state index contributed by atoms with van der Waals surface area (Å²) in [7, 11) is 0. The molecular formula is C30H39N3O7. The highest BCUT2D eigenvalue weighted by molar-refractivity contribution is 6.23. The number of nitrogens with zero attached hydrogens (tertiary/aromatic N) is 2. The number of nitrogens with one attached hydrogen (secondary N) is 1. The van der Waals surface area contributed by atoms with Crippen molar-refractivity contribution in [1.82, 2.24) is 10.4 Å². The summed E-state index contributed by atoms with van der Waals surface area (Å²) in [6.07, 6.45) is -2.96. The number of hydrazine groups is 1. The van der Waals surface area contributed by atoms with Gasteiger partial charge in [-0.05, 0) is 80.9 Å². The van der Waals surface area contributed by atoms with Crippen molar-refractivity contribution in [2.75, 3.05) is 4.90 Å². The Hall–Kier alpha value is -4.08. The van der Waals surface area contributed by atoms with Gasteiger partial charge in [-0.1, -0.05) is 48.0 Å². The van der Waals surface area contributed by atoms with E-state index in [-0.39, 0.29) is 11.3 Å². The molecule has 1 atom stereocenters. The first-order chi connectivity index (χ1) is 18.3. The van der Waals surface area contributed by atoms with Crippen LogP contribution in [0.3, 0.4) is 0 Å². The van der Waals surface area contributed by atoms with Crippen LogP contribution < -0.4 is 10.3 Å². The van der Waals surface area contributed by atoms with Crippen LogP contribution in [-0.2, 0) is 24.5 Å². The summed E-state index contributed by atoms with van der Waals surface area (Å²) in [6.45, 7) is 16.9. The summed E-state index contributed by atoms with van der Waals surface area (Å²) in [5.41, 5.74) is -0.753. The van der Waals surface area contributed by atoms with E-state index in [0.29, 0.717) is 5.56 Å². The van der Waals surface area contributed by atoms with Gasteiger partial charge in [-0.15, -0.1) is 0 Å². The SMILES string of the molecule is Cc1ccc([C@]2(N(NC(=O)OC(C)(C)C)C(=O)OC(C)(C)C)C(=O)N(C(=O)OC(C)(C)C)c3ccccc32)cc1. The first-order valence-corrected chi connectivity index (χ1v) is 13.0. The predicted octanol–water partition coefficient (Wildman–Crippen LogP) is 6.20. The number of amides is 4. The molecule has 0 aliphatic carbocycles. The number of hydrogen-bond donors (Lipinski definition) is 1. The molecule has 0 fully saturated rings. The maximum Gasteiger partial charge on any atom is 0.431 e. The molecule has 1 aliphatic heterocycles. The molecule has 0 aromatic heterocycles. The molecule has 0 spiro atoms. The Morgan fingerprint density at radius 1 is 0.775 bits per heavy atom. The summed E-state index contributed by atoms with van der Waals surface area (Å²) in [6, 6.07) is 13.4. The Bertz CT molecular complexity index is 1300. The van der Waals surface area contributed by atoms with E-state index in [1.807, 2.05) is 6.92 Å². The highest BCUT2D eigenvalue weighted by atomic mass is 16.6. The number of carbonyl (C=O) groups excluding carboxylic acids is 4. The van der Waals surface area contributed by atoms with Crippen molar-refractivity contribution in [1.29, 1.82) is 0 Å². The Labute approximate surface area is 235 Å². The maximum absolute atomic E-state index is 14.7. The third kappa shape index (κ3) is 6.38. The number of rotatable bonds is 2. The van der Waals surface area contributed by atoms with Gasteiger partial charge in [0.2, 0.25) is 0 Å². The van der Waals surface area contributed by atoms with Gasteiger partial charge in [-0.3, -0.25) is 4.79 Å². The standard InChI is InChI=1S/C30H39N3O7/c1-19-15-17-20(18-16-19)30(33(26(37)40-29(8,9)10)31-24(35)38-27(2,3)4)21-13-11-12-14-22(21)32(23(30)34)25(36)39-28(5,6)7/h11-18H,1-10H3,(H,31,35)/t30-/m1/s1. The fourth-order valence-electron chi connectivity index (χ4n) is 4.23. The average Bonchev–Trinajstić information content (AvgIpc) is 3.03. The highest BCUT2D eigenvalue weighted by Crippen LogP contribution is 2.49. The van der Waals surface area contributed by atoms with E-state index in [9.17, 15) is 19.2 Å². The molecule has 0 saturated heterocycles. The normalized spacial score (nSPS) is 17.1. The lowest BCUT2D eigenvalue weighted by atomic mass is 9.83. The van der Waals surface area contributed by atoms with E-state index in [1.54, 1.807) is 111 Å². The molecular weight excluding hydrogens is 514 g/mol. The zero-order valence-electron chi connectivity index (χ0n) is 24.9. The lowest BCUT2D eigenvalue weighted by Crippen LogP contribution is -2.64. The molecule has 4 amide bonds. The van der Waals surface area contributed by atoms with Gasteiger partial charge in [0.05, 0.1) is 5.69 Å². The van der Waals surface area contributed by atoms with E-state index < -0.39 is 46.5 Å². The minimum Gasteiger partial charge on any atom is -0.443 e. The van der Waals surface area contributed by atoms with Crippen LogP contribution in [0.25, 0.3) is 0 Å². The molecule has 0 radical (unpaired) electrons. The van der Waals surface area contributed by atoms with Gasteiger partial charge >= 0.3 is 18.3 Å². The number of ether oxygens (including phenoxy) is 3. The van der Waals surface area contributed by atoms with Gasteiger partial charge < -0.3 is 14.2 Å². The summed E-state index contributed by atoms with van der Waals surface area (Å²) >= 11 is 0. The van der Waals surface area contributed by atoms with E-state index in [4.69, 9.17) is 14.2 Å². The van der Waals surface area contributed by atoms with Crippen LogP contribution >= 0.6 is 0 Å². The summed E-state index contributed by atoms with van der Waals surface area (Å²) in [5, 5.41) is 0.808. The summed E-state index contributed by atoms with van der Waals surface area (Å²) < 4.78 is 16.7. The van der Waals surface area contributed by atoms with Crippen LogP contribution in [0.1, 0.15) is 79.0 Å². The molecule has 10 heteroatoms. The first-order valence-electron chi connectivity index (χ1n) is 13.0. The average molecular weight is 554 g/mol. The van der Waals surface area contributed by atoms with Crippen LogP contribution in [0.4, 0.5) is 20.1 Å². The summed E-state index contributed by atoms with van der Waals surface area (Å²) in [5.74, 6) is -0.839. The van der Waals surface area contributed by atoms with Gasteiger partial charge in [-0.2, -0.15) is 5.01 Å². The van der Waals surface area contributed by atoms with E-state index in [0.717, 1.165) is 15.5 Å². The van der Waals surface area contributed by atoms with Gasteiger partial charge in [0, 0.05) is 5.56 Å². The Morgan fingerprint density at radius 3 is 1.82 bits per heavy atom. The first kappa shape index (κ1) is 30.5. The number of imide groups is 1. The Balaban J connectivity index is 2.36. The van der Waals surface area contributed by atoms with E-state index in [1.165, 1.54) is 0 Å². The number of carbonyl (C=O) groups is 4. The number of benzene rings is 2. The highest BCUT2D eigenvalue weighted by Gasteiger charge is 2.61. The summed E-state index contributed by atoms with van der Waals surface area (Å²) in [4.78, 5) is 56.1. The van der Waals surface area contributed by atoms with Gasteiger partial charge in [0.25, 0.3) is 5.91 Å². The zero-order chi connectivity index (χ0) is 30.3. The number of anilines is 1. The second kappa shape index (κ2) is 10.5. The molecule has 0 saturated carbocycles. The van der Waals surface area contributed by atoms with Crippen molar-refractivity contribution in [3.05, 3.63) is 65.2 Å². The third-order valence-corrected chi connectivity index (χ3v) is 5.61. The van der Waals surface area contributed by atoms with Crippen molar-refractivity contribution in [2.45, 2.75) is 91.6 Å². The molecule has 216 valence electrons. The van der Waals surface area contributed by atoms with Crippen LogP contribution in [0.5, 0.6) is 0 Å². The smallest absolute Gasteiger partial charge is 0.431 e.